The molecule has 1 unspecified atom stereocenters. The van der Waals surface area contributed by atoms with E-state index in [0.717, 1.165) is 16.5 Å². The van der Waals surface area contributed by atoms with Crippen LogP contribution in [0, 0.1) is 12.8 Å². The maximum atomic E-state index is 6.20. The first-order valence-electron chi connectivity index (χ1n) is 6.64. The highest BCUT2D eigenvalue weighted by molar-refractivity contribution is 6.31. The smallest absolute Gasteiger partial charge is 0.0438 e. The van der Waals surface area contributed by atoms with Gasteiger partial charge in [-0.3, -0.25) is 0 Å². The Morgan fingerprint density at radius 1 is 1.35 bits per heavy atom. The lowest BCUT2D eigenvalue weighted by Gasteiger charge is -2.21. The van der Waals surface area contributed by atoms with Gasteiger partial charge in [0, 0.05) is 11.1 Å². The van der Waals surface area contributed by atoms with Crippen LogP contribution in [0.25, 0.3) is 0 Å². The van der Waals surface area contributed by atoms with E-state index in [0.29, 0.717) is 6.04 Å². The minimum atomic E-state index is 0.455. The molecule has 0 spiro atoms. The van der Waals surface area contributed by atoms with Crippen molar-refractivity contribution in [2.45, 2.75) is 45.1 Å². The fraction of sp³-hybridized carbons (Fsp3) is 0.600. The van der Waals surface area contributed by atoms with Gasteiger partial charge < -0.3 is 5.32 Å². The molecule has 0 amide bonds. The average molecular weight is 252 g/mol. The second kappa shape index (κ2) is 5.88. The maximum absolute atomic E-state index is 6.20. The van der Waals surface area contributed by atoms with E-state index in [1.807, 2.05) is 7.05 Å². The van der Waals surface area contributed by atoms with Crippen molar-refractivity contribution in [3.63, 3.8) is 0 Å². The largest absolute Gasteiger partial charge is 0.313 e. The maximum Gasteiger partial charge on any atom is 0.0438 e. The number of benzene rings is 1. The Morgan fingerprint density at radius 2 is 2.06 bits per heavy atom. The van der Waals surface area contributed by atoms with Crippen LogP contribution in [-0.2, 0) is 0 Å². The molecule has 2 heteroatoms. The van der Waals surface area contributed by atoms with Crippen molar-refractivity contribution >= 4 is 11.6 Å². The van der Waals surface area contributed by atoms with Crippen LogP contribution in [0.3, 0.4) is 0 Å². The summed E-state index contributed by atoms with van der Waals surface area (Å²) in [6, 6.07) is 6.90. The van der Waals surface area contributed by atoms with Crippen LogP contribution in [0.5, 0.6) is 0 Å². The predicted molar refractivity (Wildman–Crippen MR) is 74.6 cm³/mol. The normalized spacial score (nSPS) is 18.5. The SMILES string of the molecule is CNC(CC1CCCC1)c1ccc(C)c(Cl)c1. The van der Waals surface area contributed by atoms with Crippen molar-refractivity contribution in [2.75, 3.05) is 7.05 Å². The van der Waals surface area contributed by atoms with E-state index in [2.05, 4.69) is 30.4 Å². The molecule has 0 heterocycles. The molecule has 0 bridgehead atoms. The summed E-state index contributed by atoms with van der Waals surface area (Å²) in [6.07, 6.45) is 6.87. The summed E-state index contributed by atoms with van der Waals surface area (Å²) >= 11 is 6.20. The number of halogens is 1. The molecular formula is C15H22ClN. The predicted octanol–water partition coefficient (Wildman–Crippen LogP) is 4.49. The first kappa shape index (κ1) is 12.9. The van der Waals surface area contributed by atoms with Gasteiger partial charge in [0.15, 0.2) is 0 Å². The fourth-order valence-corrected chi connectivity index (χ4v) is 3.01. The quantitative estimate of drug-likeness (QED) is 0.832. The van der Waals surface area contributed by atoms with E-state index in [1.165, 1.54) is 37.7 Å². The van der Waals surface area contributed by atoms with Crippen LogP contribution in [0.4, 0.5) is 0 Å². The van der Waals surface area contributed by atoms with Crippen molar-refractivity contribution in [2.24, 2.45) is 5.92 Å². The number of aryl methyl sites for hydroxylation is 1. The van der Waals surface area contributed by atoms with Crippen molar-refractivity contribution in [1.82, 2.24) is 5.32 Å². The molecule has 1 nitrogen and oxygen atoms in total. The fourth-order valence-electron chi connectivity index (χ4n) is 2.83. The monoisotopic (exact) mass is 251 g/mol. The molecule has 1 aromatic carbocycles. The molecule has 1 aliphatic rings. The number of hydrogen-bond donors (Lipinski definition) is 1. The standard InChI is InChI=1S/C15H22ClN/c1-11-7-8-13(10-14(11)16)15(17-2)9-12-5-3-4-6-12/h7-8,10,12,15,17H,3-6,9H2,1-2H3. The van der Waals surface area contributed by atoms with Gasteiger partial charge in [-0.15, -0.1) is 0 Å². The zero-order valence-corrected chi connectivity index (χ0v) is 11.6. The zero-order valence-electron chi connectivity index (χ0n) is 10.8. The third-order valence-corrected chi connectivity index (χ3v) is 4.40. The van der Waals surface area contributed by atoms with Crippen LogP contribution < -0.4 is 5.32 Å². The molecule has 1 aromatic rings. The van der Waals surface area contributed by atoms with E-state index < -0.39 is 0 Å². The molecule has 0 aliphatic heterocycles. The first-order valence-corrected chi connectivity index (χ1v) is 7.02. The summed E-state index contributed by atoms with van der Waals surface area (Å²) in [6.45, 7) is 2.05. The molecule has 1 aliphatic carbocycles. The molecule has 1 N–H and O–H groups in total. The summed E-state index contributed by atoms with van der Waals surface area (Å²) < 4.78 is 0. The van der Waals surface area contributed by atoms with Crippen molar-refractivity contribution in [3.05, 3.63) is 34.3 Å². The van der Waals surface area contributed by atoms with Crippen LogP contribution in [-0.4, -0.2) is 7.05 Å². The highest BCUT2D eigenvalue weighted by Gasteiger charge is 2.20. The summed E-state index contributed by atoms with van der Waals surface area (Å²) in [5.74, 6) is 0.896. The Bertz CT molecular complexity index is 369. The van der Waals surface area contributed by atoms with E-state index in [-0.39, 0.29) is 0 Å². The topological polar surface area (TPSA) is 12.0 Å². The average Bonchev–Trinajstić information content (AvgIpc) is 2.82. The molecule has 94 valence electrons. The van der Waals surface area contributed by atoms with Gasteiger partial charge in [-0.2, -0.15) is 0 Å². The van der Waals surface area contributed by atoms with Gasteiger partial charge in [-0.05, 0) is 43.5 Å². The molecule has 1 atom stereocenters. The molecule has 0 aromatic heterocycles. The summed E-state index contributed by atoms with van der Waals surface area (Å²) in [7, 11) is 2.05. The molecule has 17 heavy (non-hydrogen) atoms. The van der Waals surface area contributed by atoms with Crippen LogP contribution in [0.2, 0.25) is 5.02 Å². The molecule has 1 fully saturated rings. The Morgan fingerprint density at radius 3 is 2.65 bits per heavy atom. The van der Waals surface area contributed by atoms with Crippen molar-refractivity contribution in [1.29, 1.82) is 0 Å². The lowest BCUT2D eigenvalue weighted by atomic mass is 9.93. The molecular weight excluding hydrogens is 230 g/mol. The molecule has 0 radical (unpaired) electrons. The van der Waals surface area contributed by atoms with E-state index in [1.54, 1.807) is 0 Å². The van der Waals surface area contributed by atoms with Gasteiger partial charge in [0.05, 0.1) is 0 Å². The summed E-state index contributed by atoms with van der Waals surface area (Å²) in [5.41, 5.74) is 2.49. The van der Waals surface area contributed by atoms with Gasteiger partial charge in [0.2, 0.25) is 0 Å². The Hall–Kier alpha value is -0.530. The Balaban J connectivity index is 2.08. The minimum Gasteiger partial charge on any atom is -0.313 e. The number of hydrogen-bond acceptors (Lipinski definition) is 1. The van der Waals surface area contributed by atoms with Gasteiger partial charge >= 0.3 is 0 Å². The van der Waals surface area contributed by atoms with Gasteiger partial charge in [-0.1, -0.05) is 49.4 Å². The van der Waals surface area contributed by atoms with Crippen molar-refractivity contribution in [3.8, 4) is 0 Å². The Labute approximate surface area is 110 Å². The number of nitrogens with one attached hydrogen (secondary N) is 1. The third kappa shape index (κ3) is 3.23. The van der Waals surface area contributed by atoms with E-state index in [4.69, 9.17) is 11.6 Å². The first-order chi connectivity index (χ1) is 8.20. The molecule has 0 saturated heterocycles. The summed E-state index contributed by atoms with van der Waals surface area (Å²) in [5, 5.41) is 4.32. The lowest BCUT2D eigenvalue weighted by molar-refractivity contribution is 0.413. The summed E-state index contributed by atoms with van der Waals surface area (Å²) in [4.78, 5) is 0. The number of rotatable bonds is 4. The van der Waals surface area contributed by atoms with Gasteiger partial charge in [-0.25, -0.2) is 0 Å². The second-order valence-electron chi connectivity index (χ2n) is 5.24. The van der Waals surface area contributed by atoms with E-state index in [9.17, 15) is 0 Å². The lowest BCUT2D eigenvalue weighted by Crippen LogP contribution is -2.19. The Kier molecular flexibility index (Phi) is 4.47. The van der Waals surface area contributed by atoms with Crippen LogP contribution >= 0.6 is 11.6 Å². The third-order valence-electron chi connectivity index (χ3n) is 3.99. The van der Waals surface area contributed by atoms with Gasteiger partial charge in [0.1, 0.15) is 0 Å². The minimum absolute atomic E-state index is 0.455. The second-order valence-corrected chi connectivity index (χ2v) is 5.64. The van der Waals surface area contributed by atoms with E-state index >= 15 is 0 Å². The molecule has 2 rings (SSSR count). The van der Waals surface area contributed by atoms with Crippen LogP contribution in [0.15, 0.2) is 18.2 Å². The van der Waals surface area contributed by atoms with Crippen LogP contribution in [0.1, 0.15) is 49.3 Å². The molecule has 1 saturated carbocycles. The van der Waals surface area contributed by atoms with Crippen molar-refractivity contribution < 1.29 is 0 Å². The van der Waals surface area contributed by atoms with Gasteiger partial charge in [0.25, 0.3) is 0 Å². The highest BCUT2D eigenvalue weighted by atomic mass is 35.5. The zero-order chi connectivity index (χ0) is 12.3. The highest BCUT2D eigenvalue weighted by Crippen LogP contribution is 2.33.